The third kappa shape index (κ3) is 2.53. The minimum absolute atomic E-state index is 0.298. The molecule has 4 nitrogen and oxygen atoms in total. The van der Waals surface area contributed by atoms with Crippen LogP contribution in [0.15, 0.2) is 30.9 Å². The summed E-state index contributed by atoms with van der Waals surface area (Å²) in [6, 6.07) is 2.23. The normalized spacial score (nSPS) is 13.0. The molecule has 0 amide bonds. The second-order valence-corrected chi connectivity index (χ2v) is 4.55. The fourth-order valence-corrected chi connectivity index (χ4v) is 1.70. The number of hydrogen-bond donors (Lipinski definition) is 1. The summed E-state index contributed by atoms with van der Waals surface area (Å²) in [5.74, 6) is 0. The average Bonchev–Trinajstić information content (AvgIpc) is 2.77. The predicted octanol–water partition coefficient (Wildman–Crippen LogP) is 2.25. The molecule has 0 aliphatic rings. The van der Waals surface area contributed by atoms with Crippen LogP contribution in [0.1, 0.15) is 42.7 Å². The number of aryl methyl sites for hydroxylation is 1. The lowest BCUT2D eigenvalue weighted by Gasteiger charge is -2.09. The van der Waals surface area contributed by atoms with Crippen LogP contribution in [0.4, 0.5) is 0 Å². The van der Waals surface area contributed by atoms with Crippen LogP contribution < -0.4 is 0 Å². The van der Waals surface area contributed by atoms with Gasteiger partial charge in [0.05, 0.1) is 6.20 Å². The number of aromatic nitrogens is 3. The third-order valence-corrected chi connectivity index (χ3v) is 2.68. The third-order valence-electron chi connectivity index (χ3n) is 2.68. The lowest BCUT2D eigenvalue weighted by atomic mass is 10.1. The fraction of sp³-hybridized carbons (Fsp3) is 0.385. The smallest absolute Gasteiger partial charge is 0.109 e. The highest BCUT2D eigenvalue weighted by atomic mass is 16.3. The lowest BCUT2D eigenvalue weighted by molar-refractivity contribution is 0.219. The van der Waals surface area contributed by atoms with Crippen LogP contribution in [0.3, 0.4) is 0 Å². The summed E-state index contributed by atoms with van der Waals surface area (Å²) < 4.78 is 1.84. The van der Waals surface area contributed by atoms with Crippen molar-refractivity contribution in [1.29, 1.82) is 0 Å². The van der Waals surface area contributed by atoms with E-state index in [4.69, 9.17) is 0 Å². The zero-order valence-electron chi connectivity index (χ0n) is 10.3. The van der Waals surface area contributed by atoms with E-state index in [0.717, 1.165) is 16.7 Å². The average molecular weight is 231 g/mol. The molecule has 0 saturated heterocycles. The van der Waals surface area contributed by atoms with Gasteiger partial charge in [0.25, 0.3) is 0 Å². The molecule has 0 fully saturated rings. The first-order valence-electron chi connectivity index (χ1n) is 5.71. The molecule has 1 unspecified atom stereocenters. The highest BCUT2D eigenvalue weighted by Crippen LogP contribution is 2.22. The Morgan fingerprint density at radius 1 is 1.18 bits per heavy atom. The predicted molar refractivity (Wildman–Crippen MR) is 65.6 cm³/mol. The molecule has 4 heteroatoms. The Morgan fingerprint density at radius 2 is 1.94 bits per heavy atom. The minimum Gasteiger partial charge on any atom is -0.383 e. The number of rotatable bonds is 3. The van der Waals surface area contributed by atoms with Crippen LogP contribution in [-0.4, -0.2) is 19.9 Å². The molecule has 0 bridgehead atoms. The van der Waals surface area contributed by atoms with E-state index >= 15 is 0 Å². The van der Waals surface area contributed by atoms with Crippen molar-refractivity contribution in [3.8, 4) is 0 Å². The summed E-state index contributed by atoms with van der Waals surface area (Å²) in [5, 5.41) is 14.4. The van der Waals surface area contributed by atoms with Gasteiger partial charge in [0, 0.05) is 35.8 Å². The molecule has 2 aromatic heterocycles. The highest BCUT2D eigenvalue weighted by molar-refractivity contribution is 5.27. The topological polar surface area (TPSA) is 50.9 Å². The SMILES string of the molecule is Cc1cncc(C(O)c2cnn(C(C)C)c2)c1. The van der Waals surface area contributed by atoms with Crippen molar-refractivity contribution in [2.24, 2.45) is 0 Å². The summed E-state index contributed by atoms with van der Waals surface area (Å²) in [6.45, 7) is 6.07. The zero-order chi connectivity index (χ0) is 12.4. The summed E-state index contributed by atoms with van der Waals surface area (Å²) >= 11 is 0. The van der Waals surface area contributed by atoms with Gasteiger partial charge in [-0.15, -0.1) is 0 Å². The maximum absolute atomic E-state index is 10.2. The second kappa shape index (κ2) is 4.67. The second-order valence-electron chi connectivity index (χ2n) is 4.55. The first-order chi connectivity index (χ1) is 8.08. The van der Waals surface area contributed by atoms with Crippen LogP contribution in [0.2, 0.25) is 0 Å². The first-order valence-corrected chi connectivity index (χ1v) is 5.71. The van der Waals surface area contributed by atoms with Crippen LogP contribution >= 0.6 is 0 Å². The summed E-state index contributed by atoms with van der Waals surface area (Å²) in [4.78, 5) is 4.09. The van der Waals surface area contributed by atoms with Gasteiger partial charge in [0.1, 0.15) is 6.10 Å². The maximum atomic E-state index is 10.2. The van der Waals surface area contributed by atoms with Gasteiger partial charge in [-0.25, -0.2) is 0 Å². The maximum Gasteiger partial charge on any atom is 0.109 e. The van der Waals surface area contributed by atoms with Crippen molar-refractivity contribution < 1.29 is 5.11 Å². The van der Waals surface area contributed by atoms with Crippen LogP contribution in [0.5, 0.6) is 0 Å². The number of aliphatic hydroxyl groups is 1. The van der Waals surface area contributed by atoms with Crippen LogP contribution in [0.25, 0.3) is 0 Å². The Labute approximate surface area is 101 Å². The van der Waals surface area contributed by atoms with Crippen molar-refractivity contribution in [3.05, 3.63) is 47.5 Å². The number of hydrogen-bond acceptors (Lipinski definition) is 3. The van der Waals surface area contributed by atoms with Crippen molar-refractivity contribution in [1.82, 2.24) is 14.8 Å². The van der Waals surface area contributed by atoms with Gasteiger partial charge in [-0.05, 0) is 26.3 Å². The van der Waals surface area contributed by atoms with Crippen molar-refractivity contribution in [2.75, 3.05) is 0 Å². The summed E-state index contributed by atoms with van der Waals surface area (Å²) in [5.41, 5.74) is 2.64. The van der Waals surface area contributed by atoms with E-state index in [1.807, 2.05) is 23.9 Å². The van der Waals surface area contributed by atoms with E-state index in [0.29, 0.717) is 6.04 Å². The Kier molecular flexibility index (Phi) is 3.24. The molecule has 2 rings (SSSR count). The Bertz CT molecular complexity index is 505. The van der Waals surface area contributed by atoms with E-state index in [1.165, 1.54) is 0 Å². The van der Waals surface area contributed by atoms with Gasteiger partial charge < -0.3 is 5.11 Å². The molecule has 0 aliphatic heterocycles. The van der Waals surface area contributed by atoms with Crippen molar-refractivity contribution >= 4 is 0 Å². The molecule has 2 heterocycles. The molecule has 1 N–H and O–H groups in total. The minimum atomic E-state index is -0.658. The molecule has 0 radical (unpaired) electrons. The lowest BCUT2D eigenvalue weighted by Crippen LogP contribution is -2.02. The first kappa shape index (κ1) is 11.8. The zero-order valence-corrected chi connectivity index (χ0v) is 10.3. The molecular weight excluding hydrogens is 214 g/mol. The Balaban J connectivity index is 2.27. The van der Waals surface area contributed by atoms with E-state index in [-0.39, 0.29) is 0 Å². The monoisotopic (exact) mass is 231 g/mol. The highest BCUT2D eigenvalue weighted by Gasteiger charge is 2.13. The van der Waals surface area contributed by atoms with E-state index < -0.39 is 6.10 Å². The van der Waals surface area contributed by atoms with Gasteiger partial charge in [0.15, 0.2) is 0 Å². The fourth-order valence-electron chi connectivity index (χ4n) is 1.70. The van der Waals surface area contributed by atoms with Crippen LogP contribution in [0, 0.1) is 6.92 Å². The molecule has 1 atom stereocenters. The van der Waals surface area contributed by atoms with E-state index in [1.54, 1.807) is 18.6 Å². The quantitative estimate of drug-likeness (QED) is 0.881. The molecule has 90 valence electrons. The number of aliphatic hydroxyl groups excluding tert-OH is 1. The standard InChI is InChI=1S/C13H17N3O/c1-9(2)16-8-12(7-15-16)13(17)11-4-10(3)5-14-6-11/h4-9,13,17H,1-3H3. The van der Waals surface area contributed by atoms with Crippen LogP contribution in [-0.2, 0) is 0 Å². The molecule has 0 aliphatic carbocycles. The Hall–Kier alpha value is -1.68. The van der Waals surface area contributed by atoms with Gasteiger partial charge in [-0.2, -0.15) is 5.10 Å². The number of pyridine rings is 1. The molecule has 0 saturated carbocycles. The van der Waals surface area contributed by atoms with Crippen molar-refractivity contribution in [3.63, 3.8) is 0 Å². The van der Waals surface area contributed by atoms with Gasteiger partial charge in [0.2, 0.25) is 0 Å². The summed E-state index contributed by atoms with van der Waals surface area (Å²) in [7, 11) is 0. The molecule has 2 aromatic rings. The van der Waals surface area contributed by atoms with Crippen molar-refractivity contribution in [2.45, 2.75) is 32.9 Å². The van der Waals surface area contributed by atoms with Gasteiger partial charge in [-0.1, -0.05) is 6.07 Å². The molecular formula is C13H17N3O. The Morgan fingerprint density at radius 3 is 2.53 bits per heavy atom. The summed E-state index contributed by atoms with van der Waals surface area (Å²) in [6.07, 6.45) is 6.37. The van der Waals surface area contributed by atoms with E-state index in [2.05, 4.69) is 23.9 Å². The number of nitrogens with zero attached hydrogens (tertiary/aromatic N) is 3. The van der Waals surface area contributed by atoms with Gasteiger partial charge in [-0.3, -0.25) is 9.67 Å². The van der Waals surface area contributed by atoms with E-state index in [9.17, 15) is 5.11 Å². The van der Waals surface area contributed by atoms with Gasteiger partial charge >= 0.3 is 0 Å². The molecule has 0 spiro atoms. The molecule has 0 aromatic carbocycles. The largest absolute Gasteiger partial charge is 0.383 e. The molecule has 17 heavy (non-hydrogen) atoms.